The first kappa shape index (κ1) is 29.2. The largest absolute Gasteiger partial charge is 0.384 e. The summed E-state index contributed by atoms with van der Waals surface area (Å²) in [6.07, 6.45) is 1.31. The number of aromatic nitrogens is 3. The number of halogens is 2. The standard InChI is InChI=1S/C32H32ClFN6O2S/c1-5-26(41)38-13-14-39(19(4)17-38)30-21-16-22(33)28-27-23(34)9-7-10-24(27)35-12-15-43-25-11-6-8-20(18(2)3)29(25)40(31(21)36-28)32(42)37-30/h5-11,16,18-19,35H,1,12-15,17H2,2-4H3/t19-/m0/s1. The Morgan fingerprint density at radius 1 is 1.21 bits per heavy atom. The zero-order valence-corrected chi connectivity index (χ0v) is 25.8. The van der Waals surface area contributed by atoms with Gasteiger partial charge in [0, 0.05) is 48.6 Å². The molecule has 1 fully saturated rings. The van der Waals surface area contributed by atoms with Crippen LogP contribution in [0.3, 0.4) is 0 Å². The second-order valence-electron chi connectivity index (χ2n) is 11.1. The first-order valence-electron chi connectivity index (χ1n) is 14.3. The summed E-state index contributed by atoms with van der Waals surface area (Å²) >= 11 is 8.54. The van der Waals surface area contributed by atoms with E-state index in [4.69, 9.17) is 16.6 Å². The number of amides is 1. The van der Waals surface area contributed by atoms with Gasteiger partial charge in [-0.1, -0.05) is 50.2 Å². The molecule has 1 saturated heterocycles. The van der Waals surface area contributed by atoms with Crippen LogP contribution in [0, 0.1) is 5.82 Å². The van der Waals surface area contributed by atoms with Gasteiger partial charge < -0.3 is 15.1 Å². The molecule has 8 nitrogen and oxygen atoms in total. The topological polar surface area (TPSA) is 83.4 Å². The summed E-state index contributed by atoms with van der Waals surface area (Å²) in [6, 6.07) is 12.4. The van der Waals surface area contributed by atoms with E-state index in [1.807, 2.05) is 30.0 Å². The van der Waals surface area contributed by atoms with E-state index >= 15 is 4.39 Å². The normalized spacial score (nSPS) is 16.7. The summed E-state index contributed by atoms with van der Waals surface area (Å²) in [5.74, 6) is 0.606. The van der Waals surface area contributed by atoms with Crippen molar-refractivity contribution >= 4 is 51.8 Å². The number of hydrogen-bond donors (Lipinski definition) is 1. The van der Waals surface area contributed by atoms with E-state index in [2.05, 4.69) is 30.7 Å². The van der Waals surface area contributed by atoms with E-state index in [9.17, 15) is 9.59 Å². The SMILES string of the molecule is C=CC(=O)N1CCN(c2nc(=O)n3c4nc(c(Cl)cc24)-c2c(F)cccc2NCCSc2cccc(C(C)C)c2-3)[C@@H](C)C1. The molecule has 0 saturated carbocycles. The molecule has 222 valence electrons. The molecule has 11 heteroatoms. The van der Waals surface area contributed by atoms with E-state index in [1.54, 1.807) is 39.4 Å². The number of para-hydroxylation sites is 1. The molecule has 2 aromatic carbocycles. The Hall–Kier alpha value is -3.89. The van der Waals surface area contributed by atoms with Crippen molar-refractivity contribution in [1.29, 1.82) is 0 Å². The predicted molar refractivity (Wildman–Crippen MR) is 172 cm³/mol. The molecule has 0 radical (unpaired) electrons. The monoisotopic (exact) mass is 618 g/mol. The summed E-state index contributed by atoms with van der Waals surface area (Å²) in [5.41, 5.74) is 2.62. The highest BCUT2D eigenvalue weighted by Gasteiger charge is 2.31. The minimum atomic E-state index is -0.487. The third kappa shape index (κ3) is 5.16. The van der Waals surface area contributed by atoms with Crippen LogP contribution in [-0.4, -0.2) is 63.3 Å². The molecule has 6 rings (SSSR count). The fourth-order valence-corrected chi connectivity index (χ4v) is 7.11. The van der Waals surface area contributed by atoms with Crippen LogP contribution in [0.25, 0.3) is 28.0 Å². The molecular formula is C32H32ClFN6O2S. The summed E-state index contributed by atoms with van der Waals surface area (Å²) in [4.78, 5) is 40.8. The van der Waals surface area contributed by atoms with Crippen LogP contribution in [0.1, 0.15) is 32.3 Å². The Labute approximate surface area is 258 Å². The van der Waals surface area contributed by atoms with E-state index < -0.39 is 11.5 Å². The fraction of sp³-hybridized carbons (Fsp3) is 0.312. The molecule has 0 aliphatic carbocycles. The summed E-state index contributed by atoms with van der Waals surface area (Å²) in [7, 11) is 0. The van der Waals surface area contributed by atoms with Gasteiger partial charge in [-0.2, -0.15) is 4.98 Å². The van der Waals surface area contributed by atoms with Gasteiger partial charge in [0.2, 0.25) is 5.91 Å². The second kappa shape index (κ2) is 11.7. The van der Waals surface area contributed by atoms with Gasteiger partial charge in [-0.15, -0.1) is 11.8 Å². The lowest BCUT2D eigenvalue weighted by atomic mass is 10.0. The molecule has 2 aliphatic rings. The lowest BCUT2D eigenvalue weighted by molar-refractivity contribution is -0.126. The molecule has 0 spiro atoms. The molecular weight excluding hydrogens is 587 g/mol. The number of rotatable bonds is 3. The molecule has 1 amide bonds. The van der Waals surface area contributed by atoms with Crippen molar-refractivity contribution < 1.29 is 9.18 Å². The zero-order chi connectivity index (χ0) is 30.4. The lowest BCUT2D eigenvalue weighted by Gasteiger charge is -2.40. The molecule has 2 bridgehead atoms. The van der Waals surface area contributed by atoms with Crippen LogP contribution < -0.4 is 15.9 Å². The number of thioether (sulfide) groups is 1. The number of pyridine rings is 1. The van der Waals surface area contributed by atoms with Crippen LogP contribution in [-0.2, 0) is 4.79 Å². The number of piperazine rings is 1. The number of benzene rings is 2. The van der Waals surface area contributed by atoms with Crippen LogP contribution in [0.2, 0.25) is 5.02 Å². The Morgan fingerprint density at radius 2 is 2.00 bits per heavy atom. The van der Waals surface area contributed by atoms with Gasteiger partial charge >= 0.3 is 5.69 Å². The minimum Gasteiger partial charge on any atom is -0.384 e. The maximum absolute atomic E-state index is 15.5. The number of carbonyl (C=O) groups excluding carboxylic acids is 1. The zero-order valence-electron chi connectivity index (χ0n) is 24.2. The average Bonchev–Trinajstić information content (AvgIpc) is 2.98. The van der Waals surface area contributed by atoms with Gasteiger partial charge in [0.25, 0.3) is 0 Å². The van der Waals surface area contributed by atoms with E-state index in [-0.39, 0.29) is 34.1 Å². The van der Waals surface area contributed by atoms with Gasteiger partial charge in [0.15, 0.2) is 5.65 Å². The summed E-state index contributed by atoms with van der Waals surface area (Å²) < 4.78 is 17.1. The highest BCUT2D eigenvalue weighted by Crippen LogP contribution is 2.40. The van der Waals surface area contributed by atoms with Crippen LogP contribution in [0.15, 0.2) is 64.8 Å². The number of nitrogens with one attached hydrogen (secondary N) is 1. The van der Waals surface area contributed by atoms with Gasteiger partial charge in [0.1, 0.15) is 11.6 Å². The van der Waals surface area contributed by atoms with E-state index in [0.29, 0.717) is 54.5 Å². The second-order valence-corrected chi connectivity index (χ2v) is 12.6. The number of nitrogens with zero attached hydrogens (tertiary/aromatic N) is 5. The van der Waals surface area contributed by atoms with Crippen molar-refractivity contribution in [1.82, 2.24) is 19.4 Å². The van der Waals surface area contributed by atoms with Crippen LogP contribution >= 0.6 is 23.4 Å². The number of carbonyl (C=O) groups is 1. The van der Waals surface area contributed by atoms with E-state index in [1.165, 1.54) is 12.1 Å². The fourth-order valence-electron chi connectivity index (χ4n) is 5.92. The highest BCUT2D eigenvalue weighted by atomic mass is 35.5. The third-order valence-corrected chi connectivity index (χ3v) is 9.33. The maximum Gasteiger partial charge on any atom is 0.355 e. The summed E-state index contributed by atoms with van der Waals surface area (Å²) in [5, 5.41) is 4.17. The summed E-state index contributed by atoms with van der Waals surface area (Å²) in [6.45, 7) is 11.7. The molecule has 4 heterocycles. The van der Waals surface area contributed by atoms with Gasteiger partial charge in [-0.05, 0) is 48.7 Å². The Morgan fingerprint density at radius 3 is 2.74 bits per heavy atom. The average molecular weight is 619 g/mol. The van der Waals surface area contributed by atoms with Gasteiger partial charge in [0.05, 0.1) is 27.4 Å². The van der Waals surface area contributed by atoms with Crippen molar-refractivity contribution in [3.8, 4) is 16.9 Å². The third-order valence-electron chi connectivity index (χ3n) is 7.99. The quantitative estimate of drug-likeness (QED) is 0.278. The van der Waals surface area contributed by atoms with Crippen LogP contribution in [0.4, 0.5) is 15.9 Å². The van der Waals surface area contributed by atoms with Crippen LogP contribution in [0.5, 0.6) is 0 Å². The molecule has 1 N–H and O–H groups in total. The minimum absolute atomic E-state index is 0.101. The smallest absolute Gasteiger partial charge is 0.355 e. The van der Waals surface area contributed by atoms with Gasteiger partial charge in [-0.25, -0.2) is 18.7 Å². The van der Waals surface area contributed by atoms with Crippen molar-refractivity contribution in [3.63, 3.8) is 0 Å². The van der Waals surface area contributed by atoms with E-state index in [0.717, 1.165) is 16.1 Å². The predicted octanol–water partition coefficient (Wildman–Crippen LogP) is 6.10. The molecule has 2 aliphatic heterocycles. The molecule has 1 atom stereocenters. The first-order chi connectivity index (χ1) is 20.7. The van der Waals surface area contributed by atoms with Crippen molar-refractivity contribution in [3.05, 3.63) is 82.0 Å². The maximum atomic E-state index is 15.5. The Balaban J connectivity index is 1.68. The van der Waals surface area contributed by atoms with Crippen molar-refractivity contribution in [2.45, 2.75) is 37.6 Å². The van der Waals surface area contributed by atoms with Gasteiger partial charge in [-0.3, -0.25) is 4.79 Å². The Kier molecular flexibility index (Phi) is 7.91. The first-order valence-corrected chi connectivity index (χ1v) is 15.7. The van der Waals surface area contributed by atoms with Crippen molar-refractivity contribution in [2.24, 2.45) is 0 Å². The molecule has 2 aromatic heterocycles. The molecule has 4 aromatic rings. The van der Waals surface area contributed by atoms with Crippen molar-refractivity contribution in [2.75, 3.05) is 42.1 Å². The Bertz CT molecular complexity index is 1830. The number of anilines is 2. The highest BCUT2D eigenvalue weighted by molar-refractivity contribution is 7.99. The molecule has 0 unspecified atom stereocenters. The number of hydrogen-bond acceptors (Lipinski definition) is 7. The number of fused-ring (bicyclic) bond motifs is 5. The lowest BCUT2D eigenvalue weighted by Crippen LogP contribution is -2.54. The molecule has 43 heavy (non-hydrogen) atoms.